The molecule has 2 N–H and O–H groups in total. The van der Waals surface area contributed by atoms with E-state index in [0.29, 0.717) is 21.1 Å². The summed E-state index contributed by atoms with van der Waals surface area (Å²) in [6.07, 6.45) is 0. The molecule has 0 fully saturated rings. The summed E-state index contributed by atoms with van der Waals surface area (Å²) in [5.74, 6) is -0.423. The van der Waals surface area contributed by atoms with Crippen molar-refractivity contribution in [2.45, 2.75) is 6.92 Å². The lowest BCUT2D eigenvalue weighted by atomic mass is 10.1. The molecule has 0 aliphatic heterocycles. The molecule has 1 heterocycles. The lowest BCUT2D eigenvalue weighted by molar-refractivity contribution is 0.102. The number of carbonyl (C=O) groups excluding carboxylic acids is 1. The van der Waals surface area contributed by atoms with Gasteiger partial charge in [-0.25, -0.2) is 0 Å². The third kappa shape index (κ3) is 3.37. The first-order chi connectivity index (χ1) is 11.5. The van der Waals surface area contributed by atoms with Crippen LogP contribution >= 0.6 is 31.9 Å². The zero-order valence-electron chi connectivity index (χ0n) is 12.5. The van der Waals surface area contributed by atoms with Crippen molar-refractivity contribution in [1.29, 1.82) is 0 Å². The van der Waals surface area contributed by atoms with Crippen molar-refractivity contribution in [3.8, 4) is 0 Å². The molecule has 0 atom stereocenters. The second-order valence-electron chi connectivity index (χ2n) is 5.19. The first kappa shape index (κ1) is 16.7. The fourth-order valence-corrected chi connectivity index (χ4v) is 3.58. The molecule has 3 aromatic rings. The van der Waals surface area contributed by atoms with Crippen LogP contribution in [-0.2, 0) is 0 Å². The molecule has 5 nitrogen and oxygen atoms in total. The average molecular weight is 452 g/mol. The number of rotatable bonds is 2. The van der Waals surface area contributed by atoms with Gasteiger partial charge in [-0.3, -0.25) is 4.79 Å². The van der Waals surface area contributed by atoms with Crippen LogP contribution in [-0.4, -0.2) is 11.1 Å². The Labute approximate surface area is 154 Å². The van der Waals surface area contributed by atoms with Gasteiger partial charge >= 0.3 is 0 Å². The Morgan fingerprint density at radius 1 is 1.17 bits per heavy atom. The van der Waals surface area contributed by atoms with Gasteiger partial charge in [0.15, 0.2) is 5.58 Å². The van der Waals surface area contributed by atoms with Crippen molar-refractivity contribution in [1.82, 2.24) is 0 Å². The zero-order valence-corrected chi connectivity index (χ0v) is 15.7. The van der Waals surface area contributed by atoms with Crippen molar-refractivity contribution in [2.75, 3.05) is 5.32 Å². The number of carbonyl (C=O) groups is 1. The normalized spacial score (nSPS) is 11.7. The number of halogens is 2. The number of hydrogen-bond donors (Lipinski definition) is 2. The Hall–Kier alpha value is -2.12. The van der Waals surface area contributed by atoms with Gasteiger partial charge in [-0.2, -0.15) is 0 Å². The molecule has 0 spiro atoms. The topological polar surface area (TPSA) is 74.8 Å². The third-order valence-corrected chi connectivity index (χ3v) is 4.46. The highest BCUT2D eigenvalue weighted by molar-refractivity contribution is 9.11. The molecule has 0 aliphatic rings. The minimum atomic E-state index is -0.423. The van der Waals surface area contributed by atoms with Crippen LogP contribution in [0.2, 0.25) is 0 Å². The maximum absolute atomic E-state index is 12.5. The molecule has 0 radical (unpaired) electrons. The van der Waals surface area contributed by atoms with E-state index in [1.807, 2.05) is 25.1 Å². The maximum Gasteiger partial charge on any atom is 0.268 e. The lowest BCUT2D eigenvalue weighted by Gasteiger charge is -2.07. The molecule has 7 heteroatoms. The van der Waals surface area contributed by atoms with Gasteiger partial charge in [0.1, 0.15) is 5.56 Å². The highest BCUT2D eigenvalue weighted by Gasteiger charge is 2.15. The second-order valence-corrected chi connectivity index (χ2v) is 6.96. The molecule has 3 rings (SSSR count). The van der Waals surface area contributed by atoms with Gasteiger partial charge in [-0.1, -0.05) is 33.6 Å². The molecule has 0 aliphatic carbocycles. The standard InChI is InChI=1S/C17H12Br2N2O3/c1-9-2-4-12(5-3-9)20-16(22)13-7-10-6-11(18)8-14(19)15(10)24-17(13)21-23/h2-8,23H,1H3,(H,20,22)/b21-17+. The Bertz CT molecular complexity index is 995. The van der Waals surface area contributed by atoms with Crippen molar-refractivity contribution in [3.05, 3.63) is 68.1 Å². The largest absolute Gasteiger partial charge is 0.434 e. The molecule has 2 aromatic carbocycles. The molecular weight excluding hydrogens is 440 g/mol. The van der Waals surface area contributed by atoms with Gasteiger partial charge in [0.25, 0.3) is 11.5 Å². The minimum absolute atomic E-state index is 0.135. The van der Waals surface area contributed by atoms with Crippen LogP contribution in [0.4, 0.5) is 5.69 Å². The monoisotopic (exact) mass is 450 g/mol. The Morgan fingerprint density at radius 3 is 2.54 bits per heavy atom. The molecule has 122 valence electrons. The third-order valence-electron chi connectivity index (χ3n) is 3.41. The number of anilines is 1. The van der Waals surface area contributed by atoms with Crippen molar-refractivity contribution >= 4 is 54.4 Å². The van der Waals surface area contributed by atoms with Crippen molar-refractivity contribution in [2.24, 2.45) is 5.16 Å². The average Bonchev–Trinajstić information content (AvgIpc) is 2.55. The second kappa shape index (κ2) is 6.78. The molecule has 0 bridgehead atoms. The summed E-state index contributed by atoms with van der Waals surface area (Å²) in [5, 5.41) is 15.8. The van der Waals surface area contributed by atoms with E-state index in [0.717, 1.165) is 10.0 Å². The molecular formula is C17H12Br2N2O3. The molecule has 1 amide bonds. The van der Waals surface area contributed by atoms with Gasteiger partial charge in [0.2, 0.25) is 0 Å². The van der Waals surface area contributed by atoms with Crippen LogP contribution < -0.4 is 10.9 Å². The summed E-state index contributed by atoms with van der Waals surface area (Å²) < 4.78 is 7.07. The van der Waals surface area contributed by atoms with Gasteiger partial charge in [0.05, 0.1) is 4.47 Å². The van der Waals surface area contributed by atoms with Gasteiger partial charge in [0, 0.05) is 15.5 Å². The summed E-state index contributed by atoms with van der Waals surface area (Å²) in [5.41, 5.74) is 2.20. The Kier molecular flexibility index (Phi) is 4.73. The van der Waals surface area contributed by atoms with Crippen molar-refractivity contribution in [3.63, 3.8) is 0 Å². The van der Waals surface area contributed by atoms with E-state index in [9.17, 15) is 10.0 Å². The maximum atomic E-state index is 12.5. The first-order valence-electron chi connectivity index (χ1n) is 6.97. The number of nitrogens with zero attached hydrogens (tertiary/aromatic N) is 1. The zero-order chi connectivity index (χ0) is 17.3. The highest BCUT2D eigenvalue weighted by Crippen LogP contribution is 2.28. The molecule has 0 saturated heterocycles. The summed E-state index contributed by atoms with van der Waals surface area (Å²) in [6.45, 7) is 1.96. The van der Waals surface area contributed by atoms with E-state index >= 15 is 0 Å². The molecule has 1 aromatic heterocycles. The first-order valence-corrected chi connectivity index (χ1v) is 8.55. The van der Waals surface area contributed by atoms with Crippen LogP contribution in [0.3, 0.4) is 0 Å². The number of benzene rings is 2. The highest BCUT2D eigenvalue weighted by atomic mass is 79.9. The summed E-state index contributed by atoms with van der Waals surface area (Å²) in [7, 11) is 0. The van der Waals surface area contributed by atoms with Crippen LogP contribution in [0, 0.1) is 6.92 Å². The minimum Gasteiger partial charge on any atom is -0.434 e. The summed E-state index contributed by atoms with van der Waals surface area (Å²) >= 11 is 6.78. The Morgan fingerprint density at radius 2 is 1.88 bits per heavy atom. The Balaban J connectivity index is 2.07. The van der Waals surface area contributed by atoms with Crippen LogP contribution in [0.5, 0.6) is 0 Å². The van der Waals surface area contributed by atoms with Crippen LogP contribution in [0.15, 0.2) is 61.0 Å². The molecule has 0 unspecified atom stereocenters. The van der Waals surface area contributed by atoms with Gasteiger partial charge in [-0.05, 0) is 58.3 Å². The smallest absolute Gasteiger partial charge is 0.268 e. The number of amides is 1. The predicted molar refractivity (Wildman–Crippen MR) is 98.1 cm³/mol. The number of fused-ring (bicyclic) bond motifs is 1. The summed E-state index contributed by atoms with van der Waals surface area (Å²) in [4.78, 5) is 12.5. The number of nitrogens with one attached hydrogen (secondary N) is 1. The number of hydrogen-bond acceptors (Lipinski definition) is 4. The quantitative estimate of drug-likeness (QED) is 0.433. The lowest BCUT2D eigenvalue weighted by Crippen LogP contribution is -2.21. The van der Waals surface area contributed by atoms with E-state index in [1.165, 1.54) is 0 Å². The fourth-order valence-electron chi connectivity index (χ4n) is 2.24. The molecule has 0 saturated carbocycles. The fraction of sp³-hybridized carbons (Fsp3) is 0.0588. The van der Waals surface area contributed by atoms with Gasteiger partial charge < -0.3 is 14.9 Å². The van der Waals surface area contributed by atoms with E-state index in [1.54, 1.807) is 24.3 Å². The predicted octanol–water partition coefficient (Wildman–Crippen LogP) is 4.81. The van der Waals surface area contributed by atoms with Crippen molar-refractivity contribution < 1.29 is 14.4 Å². The van der Waals surface area contributed by atoms with Gasteiger partial charge in [-0.15, -0.1) is 0 Å². The van der Waals surface area contributed by atoms with E-state index in [2.05, 4.69) is 42.3 Å². The summed E-state index contributed by atoms with van der Waals surface area (Å²) in [6, 6.07) is 12.6. The molecule has 24 heavy (non-hydrogen) atoms. The van der Waals surface area contributed by atoms with E-state index in [4.69, 9.17) is 4.42 Å². The van der Waals surface area contributed by atoms with Crippen LogP contribution in [0.1, 0.15) is 15.9 Å². The SMILES string of the molecule is Cc1ccc(NC(=O)c2cc3cc(Br)cc(Br)c3o/c2=N/O)cc1. The number of aryl methyl sites for hydroxylation is 1. The van der Waals surface area contributed by atoms with E-state index in [-0.39, 0.29) is 11.1 Å². The van der Waals surface area contributed by atoms with E-state index < -0.39 is 5.91 Å². The van der Waals surface area contributed by atoms with Crippen LogP contribution in [0.25, 0.3) is 11.0 Å².